The Kier molecular flexibility index (Phi) is 11.8. The number of rotatable bonds is 13. The third-order valence-corrected chi connectivity index (χ3v) is 4.25. The highest BCUT2D eigenvalue weighted by atomic mass is 16.7. The number of aliphatic hydroxyl groups is 1. The lowest BCUT2D eigenvalue weighted by Crippen LogP contribution is -2.63. The van der Waals surface area contributed by atoms with Crippen LogP contribution < -0.4 is 5.73 Å². The van der Waals surface area contributed by atoms with Crippen LogP contribution >= 0.6 is 0 Å². The van der Waals surface area contributed by atoms with Crippen LogP contribution in [0.2, 0.25) is 0 Å². The molecule has 4 unspecified atom stereocenters. The number of nitrogens with two attached hydrogens (primary N) is 1. The van der Waals surface area contributed by atoms with Crippen molar-refractivity contribution in [1.29, 1.82) is 0 Å². The summed E-state index contributed by atoms with van der Waals surface area (Å²) in [6.07, 6.45) is 4.02. The molecular weight excluding hydrogens is 310 g/mol. The van der Waals surface area contributed by atoms with E-state index in [0.717, 1.165) is 38.5 Å². The number of ether oxygens (including phenoxy) is 4. The molecule has 1 aliphatic rings. The Balaban J connectivity index is 2.68. The van der Waals surface area contributed by atoms with E-state index in [1.54, 1.807) is 0 Å². The topological polar surface area (TPSA) is 83.2 Å². The fourth-order valence-corrected chi connectivity index (χ4v) is 2.66. The Bertz CT molecular complexity index is 305. The molecule has 0 aromatic carbocycles. The van der Waals surface area contributed by atoms with Crippen molar-refractivity contribution in [2.75, 3.05) is 26.4 Å². The molecule has 1 heterocycles. The van der Waals surface area contributed by atoms with Gasteiger partial charge in [-0.15, -0.1) is 0 Å². The summed E-state index contributed by atoms with van der Waals surface area (Å²) in [5.41, 5.74) is 6.12. The van der Waals surface area contributed by atoms with Gasteiger partial charge in [-0.1, -0.05) is 40.0 Å². The van der Waals surface area contributed by atoms with E-state index < -0.39 is 12.3 Å². The van der Waals surface area contributed by atoms with Crippen LogP contribution in [-0.2, 0) is 18.9 Å². The van der Waals surface area contributed by atoms with E-state index in [1.807, 2.05) is 0 Å². The van der Waals surface area contributed by atoms with Crippen molar-refractivity contribution >= 4 is 0 Å². The third-order valence-electron chi connectivity index (χ3n) is 4.25. The van der Waals surface area contributed by atoms with Crippen LogP contribution in [0.15, 0.2) is 0 Å². The van der Waals surface area contributed by atoms with Crippen molar-refractivity contribution in [1.82, 2.24) is 0 Å². The van der Waals surface area contributed by atoms with Gasteiger partial charge in [0.25, 0.3) is 0 Å². The molecule has 0 radical (unpaired) electrons. The molecule has 144 valence electrons. The van der Waals surface area contributed by atoms with E-state index in [2.05, 4.69) is 20.8 Å². The predicted octanol–water partition coefficient (Wildman–Crippen LogP) is 2.22. The second kappa shape index (κ2) is 13.0. The molecule has 3 N–H and O–H groups in total. The zero-order valence-electron chi connectivity index (χ0n) is 15.6. The van der Waals surface area contributed by atoms with Gasteiger partial charge in [0, 0.05) is 19.8 Å². The molecule has 0 saturated carbocycles. The lowest BCUT2D eigenvalue weighted by Gasteiger charge is -2.43. The van der Waals surface area contributed by atoms with Gasteiger partial charge in [0.2, 0.25) is 0 Å². The minimum Gasteiger partial charge on any atom is -0.379 e. The zero-order chi connectivity index (χ0) is 17.8. The average molecular weight is 347 g/mol. The van der Waals surface area contributed by atoms with E-state index in [0.29, 0.717) is 26.4 Å². The zero-order valence-corrected chi connectivity index (χ0v) is 15.6. The van der Waals surface area contributed by atoms with Crippen LogP contribution in [0.5, 0.6) is 0 Å². The summed E-state index contributed by atoms with van der Waals surface area (Å²) in [4.78, 5) is 0. The van der Waals surface area contributed by atoms with Gasteiger partial charge in [-0.05, 0) is 19.3 Å². The van der Waals surface area contributed by atoms with Gasteiger partial charge < -0.3 is 29.8 Å². The highest BCUT2D eigenvalue weighted by molar-refractivity contribution is 4.93. The van der Waals surface area contributed by atoms with Crippen LogP contribution in [0.4, 0.5) is 0 Å². The summed E-state index contributed by atoms with van der Waals surface area (Å²) in [6, 6.07) is -0.611. The quantitative estimate of drug-likeness (QED) is 0.497. The maximum Gasteiger partial charge on any atom is 0.173 e. The number of aliphatic hydroxyl groups excluding tert-OH is 1. The van der Waals surface area contributed by atoms with E-state index >= 15 is 0 Å². The molecule has 6 nitrogen and oxygen atoms in total. The maximum absolute atomic E-state index is 10.1. The van der Waals surface area contributed by atoms with Crippen molar-refractivity contribution in [3.8, 4) is 0 Å². The molecule has 0 aliphatic carbocycles. The first-order chi connectivity index (χ1) is 11.7. The summed E-state index contributed by atoms with van der Waals surface area (Å²) < 4.78 is 23.3. The van der Waals surface area contributed by atoms with Crippen molar-refractivity contribution < 1.29 is 24.1 Å². The Morgan fingerprint density at radius 2 is 1.42 bits per heavy atom. The first-order valence-electron chi connectivity index (χ1n) is 9.55. The highest BCUT2D eigenvalue weighted by Crippen LogP contribution is 2.25. The predicted molar refractivity (Wildman–Crippen MR) is 93.9 cm³/mol. The SMILES string of the molecule is CCCCOCC1OC(O)C(N)C(OCCCC)[C@H]1OCCCC. The summed E-state index contributed by atoms with van der Waals surface area (Å²) in [5.74, 6) is 0. The second-order valence-corrected chi connectivity index (χ2v) is 6.45. The molecular formula is C18H37NO5. The fraction of sp³-hybridized carbons (Fsp3) is 1.00. The van der Waals surface area contributed by atoms with Crippen LogP contribution in [0, 0.1) is 0 Å². The molecule has 0 amide bonds. The Hall–Kier alpha value is -0.240. The number of hydrogen-bond acceptors (Lipinski definition) is 6. The maximum atomic E-state index is 10.1. The largest absolute Gasteiger partial charge is 0.379 e. The van der Waals surface area contributed by atoms with Gasteiger partial charge >= 0.3 is 0 Å². The normalized spacial score (nSPS) is 30.6. The second-order valence-electron chi connectivity index (χ2n) is 6.45. The smallest absolute Gasteiger partial charge is 0.173 e. The van der Waals surface area contributed by atoms with Gasteiger partial charge in [0.1, 0.15) is 18.3 Å². The van der Waals surface area contributed by atoms with Crippen LogP contribution in [0.25, 0.3) is 0 Å². The van der Waals surface area contributed by atoms with Crippen molar-refractivity contribution in [2.24, 2.45) is 5.73 Å². The molecule has 5 atom stereocenters. The molecule has 1 fully saturated rings. The van der Waals surface area contributed by atoms with E-state index in [1.165, 1.54) is 0 Å². The highest BCUT2D eigenvalue weighted by Gasteiger charge is 2.45. The van der Waals surface area contributed by atoms with Gasteiger partial charge in [-0.3, -0.25) is 0 Å². The van der Waals surface area contributed by atoms with Gasteiger partial charge in [-0.25, -0.2) is 0 Å². The Morgan fingerprint density at radius 1 is 0.875 bits per heavy atom. The van der Waals surface area contributed by atoms with Crippen LogP contribution in [-0.4, -0.2) is 62.2 Å². The molecule has 6 heteroatoms. The first-order valence-corrected chi connectivity index (χ1v) is 9.55. The van der Waals surface area contributed by atoms with Crippen molar-refractivity contribution in [3.63, 3.8) is 0 Å². The summed E-state index contributed by atoms with van der Waals surface area (Å²) in [5, 5.41) is 10.1. The van der Waals surface area contributed by atoms with Gasteiger partial charge in [0.15, 0.2) is 6.29 Å². The number of hydrogen-bond donors (Lipinski definition) is 2. The molecule has 24 heavy (non-hydrogen) atoms. The van der Waals surface area contributed by atoms with Crippen molar-refractivity contribution in [2.45, 2.75) is 89.9 Å². The molecule has 0 spiro atoms. The lowest BCUT2D eigenvalue weighted by atomic mass is 9.97. The van der Waals surface area contributed by atoms with Crippen LogP contribution in [0.1, 0.15) is 59.3 Å². The summed E-state index contributed by atoms with van der Waals surface area (Å²) in [6.45, 7) is 8.66. The number of unbranched alkanes of at least 4 members (excludes halogenated alkanes) is 3. The molecule has 0 aromatic heterocycles. The molecule has 1 rings (SSSR count). The standard InChI is InChI=1S/C18H37NO5/c1-4-7-10-21-13-14-16(22-11-8-5-2)17(23-12-9-6-3)15(19)18(20)24-14/h14-18,20H,4-13,19H2,1-3H3/t14?,15?,16-,17?,18?/m0/s1. The van der Waals surface area contributed by atoms with E-state index in [4.69, 9.17) is 24.7 Å². The van der Waals surface area contributed by atoms with Gasteiger partial charge in [-0.2, -0.15) is 0 Å². The molecule has 0 bridgehead atoms. The lowest BCUT2D eigenvalue weighted by molar-refractivity contribution is -0.269. The fourth-order valence-electron chi connectivity index (χ4n) is 2.66. The molecule has 1 aliphatic heterocycles. The van der Waals surface area contributed by atoms with Crippen molar-refractivity contribution in [3.05, 3.63) is 0 Å². The third kappa shape index (κ3) is 7.33. The first kappa shape index (κ1) is 21.8. The summed E-state index contributed by atoms with van der Waals surface area (Å²) in [7, 11) is 0. The average Bonchev–Trinajstić information content (AvgIpc) is 2.58. The Labute approximate surface area is 147 Å². The van der Waals surface area contributed by atoms with E-state index in [9.17, 15) is 5.11 Å². The van der Waals surface area contributed by atoms with E-state index in [-0.39, 0.29) is 18.3 Å². The Morgan fingerprint density at radius 3 is 2.00 bits per heavy atom. The molecule has 0 aromatic rings. The monoisotopic (exact) mass is 347 g/mol. The summed E-state index contributed by atoms with van der Waals surface area (Å²) >= 11 is 0. The van der Waals surface area contributed by atoms with Crippen LogP contribution in [0.3, 0.4) is 0 Å². The minimum absolute atomic E-state index is 0.312. The minimum atomic E-state index is -1.05. The van der Waals surface area contributed by atoms with Gasteiger partial charge in [0.05, 0.1) is 12.6 Å². The molecule has 1 saturated heterocycles.